The normalized spacial score (nSPS) is 34.9. The first-order valence-corrected chi connectivity index (χ1v) is 6.56. The quantitative estimate of drug-likeness (QED) is 0.743. The summed E-state index contributed by atoms with van der Waals surface area (Å²) in [5, 5.41) is 9.25. The predicted octanol–water partition coefficient (Wildman–Crippen LogP) is 0.433. The van der Waals surface area contributed by atoms with E-state index in [-0.39, 0.29) is 0 Å². The summed E-state index contributed by atoms with van der Waals surface area (Å²) < 4.78 is 5.37. The topological polar surface area (TPSA) is 32.7 Å². The molecule has 0 spiro atoms. The largest absolute Gasteiger partial charge is 0.395 e. The van der Waals surface area contributed by atoms with E-state index in [9.17, 15) is 5.11 Å². The van der Waals surface area contributed by atoms with Crippen molar-refractivity contribution < 1.29 is 9.84 Å². The highest BCUT2D eigenvalue weighted by Gasteiger charge is 2.26. The van der Waals surface area contributed by atoms with Crippen molar-refractivity contribution in [3.05, 3.63) is 0 Å². The van der Waals surface area contributed by atoms with E-state index >= 15 is 0 Å². The third kappa shape index (κ3) is 2.63. The summed E-state index contributed by atoms with van der Waals surface area (Å²) in [6.07, 6.45) is 1.20. The van der Waals surface area contributed by atoms with Gasteiger partial charge in [-0.2, -0.15) is 11.8 Å². The monoisotopic (exact) mass is 217 g/mol. The third-order valence-corrected chi connectivity index (χ3v) is 4.17. The number of thioether (sulfide) groups is 1. The summed E-state index contributed by atoms with van der Waals surface area (Å²) in [7, 11) is 0. The van der Waals surface area contributed by atoms with Crippen LogP contribution in [0.4, 0.5) is 0 Å². The summed E-state index contributed by atoms with van der Waals surface area (Å²) in [6, 6.07) is 0.384. The Morgan fingerprint density at radius 1 is 1.50 bits per heavy atom. The molecular weight excluding hydrogens is 198 g/mol. The van der Waals surface area contributed by atoms with Gasteiger partial charge in [-0.05, 0) is 12.3 Å². The van der Waals surface area contributed by atoms with E-state index in [2.05, 4.69) is 4.90 Å². The van der Waals surface area contributed by atoms with Gasteiger partial charge in [0.1, 0.15) is 0 Å². The summed E-state index contributed by atoms with van der Waals surface area (Å²) in [6.45, 7) is 4.40. The standard InChI is InChI=1S/C10H19NO2S/c12-6-10-8-14-4-2-11(10)5-9-1-3-13-7-9/h9-10,12H,1-8H2/t9?,10-/m0/s1. The van der Waals surface area contributed by atoms with Crippen molar-refractivity contribution in [3.8, 4) is 0 Å². The molecule has 0 saturated carbocycles. The Kier molecular flexibility index (Phi) is 4.10. The van der Waals surface area contributed by atoms with Crippen LogP contribution in [0.3, 0.4) is 0 Å². The van der Waals surface area contributed by atoms with Crippen LogP contribution in [-0.4, -0.2) is 60.5 Å². The van der Waals surface area contributed by atoms with E-state index in [4.69, 9.17) is 4.74 Å². The van der Waals surface area contributed by atoms with Gasteiger partial charge >= 0.3 is 0 Å². The molecule has 2 atom stereocenters. The molecule has 0 bridgehead atoms. The Hall–Kier alpha value is 0.230. The average molecular weight is 217 g/mol. The lowest BCUT2D eigenvalue weighted by Crippen LogP contribution is -2.46. The van der Waals surface area contributed by atoms with E-state index in [1.165, 1.54) is 12.2 Å². The molecule has 14 heavy (non-hydrogen) atoms. The molecule has 2 aliphatic heterocycles. The Bertz CT molecular complexity index is 174. The van der Waals surface area contributed by atoms with Gasteiger partial charge in [0, 0.05) is 37.2 Å². The van der Waals surface area contributed by atoms with E-state index in [1.807, 2.05) is 11.8 Å². The van der Waals surface area contributed by atoms with Gasteiger partial charge in [-0.15, -0.1) is 0 Å². The summed E-state index contributed by atoms with van der Waals surface area (Å²) in [4.78, 5) is 2.44. The molecule has 1 unspecified atom stereocenters. The van der Waals surface area contributed by atoms with Crippen LogP contribution >= 0.6 is 11.8 Å². The van der Waals surface area contributed by atoms with Crippen molar-refractivity contribution in [1.82, 2.24) is 4.90 Å². The molecule has 2 aliphatic rings. The van der Waals surface area contributed by atoms with Crippen molar-refractivity contribution >= 4 is 11.8 Å². The van der Waals surface area contributed by atoms with Gasteiger partial charge in [0.05, 0.1) is 13.2 Å². The van der Waals surface area contributed by atoms with Gasteiger partial charge in [0.15, 0.2) is 0 Å². The van der Waals surface area contributed by atoms with Crippen molar-refractivity contribution in [1.29, 1.82) is 0 Å². The first-order chi connectivity index (χ1) is 6.90. The van der Waals surface area contributed by atoms with Crippen LogP contribution in [0.25, 0.3) is 0 Å². The fourth-order valence-electron chi connectivity index (χ4n) is 2.16. The van der Waals surface area contributed by atoms with Crippen molar-refractivity contribution in [2.45, 2.75) is 12.5 Å². The molecule has 0 amide bonds. The molecule has 0 radical (unpaired) electrons. The Labute approximate surface area is 89.8 Å². The van der Waals surface area contributed by atoms with Crippen molar-refractivity contribution in [3.63, 3.8) is 0 Å². The summed E-state index contributed by atoms with van der Waals surface area (Å²) in [5.74, 6) is 3.00. The SMILES string of the molecule is OC[C@H]1CSCCN1CC1CCOC1. The Balaban J connectivity index is 1.81. The number of nitrogens with zero attached hydrogens (tertiary/aromatic N) is 1. The zero-order chi connectivity index (χ0) is 9.80. The Morgan fingerprint density at radius 3 is 3.14 bits per heavy atom. The zero-order valence-corrected chi connectivity index (χ0v) is 9.34. The average Bonchev–Trinajstić information content (AvgIpc) is 2.71. The second-order valence-corrected chi connectivity index (χ2v) is 5.29. The first kappa shape index (κ1) is 10.7. The van der Waals surface area contributed by atoms with Gasteiger partial charge < -0.3 is 9.84 Å². The molecule has 2 fully saturated rings. The van der Waals surface area contributed by atoms with Crippen molar-refractivity contribution in [2.75, 3.05) is 44.4 Å². The second kappa shape index (κ2) is 5.35. The molecule has 1 N–H and O–H groups in total. The van der Waals surface area contributed by atoms with E-state index < -0.39 is 0 Å². The molecule has 3 nitrogen and oxygen atoms in total. The van der Waals surface area contributed by atoms with Gasteiger partial charge in [0.2, 0.25) is 0 Å². The second-order valence-electron chi connectivity index (χ2n) is 4.14. The molecular formula is C10H19NO2S. The first-order valence-electron chi connectivity index (χ1n) is 5.40. The van der Waals surface area contributed by atoms with E-state index in [0.717, 1.165) is 32.1 Å². The van der Waals surface area contributed by atoms with Crippen LogP contribution in [0.5, 0.6) is 0 Å². The molecule has 0 aromatic carbocycles. The van der Waals surface area contributed by atoms with Crippen molar-refractivity contribution in [2.24, 2.45) is 5.92 Å². The maximum atomic E-state index is 9.25. The number of rotatable bonds is 3. The lowest BCUT2D eigenvalue weighted by molar-refractivity contribution is 0.114. The molecule has 0 aromatic rings. The van der Waals surface area contributed by atoms with Crippen LogP contribution in [0, 0.1) is 5.92 Å². The molecule has 0 aliphatic carbocycles. The van der Waals surface area contributed by atoms with E-state index in [1.54, 1.807) is 0 Å². The number of aliphatic hydroxyl groups excluding tert-OH is 1. The zero-order valence-electron chi connectivity index (χ0n) is 8.52. The summed E-state index contributed by atoms with van der Waals surface area (Å²) in [5.41, 5.74) is 0. The van der Waals surface area contributed by atoms with Gasteiger partial charge in [-0.1, -0.05) is 0 Å². The molecule has 82 valence electrons. The number of ether oxygens (including phenoxy) is 1. The summed E-state index contributed by atoms with van der Waals surface area (Å²) >= 11 is 1.96. The lowest BCUT2D eigenvalue weighted by atomic mass is 10.1. The molecule has 0 aromatic heterocycles. The van der Waals surface area contributed by atoms with Crippen LogP contribution in [-0.2, 0) is 4.74 Å². The number of hydrogen-bond acceptors (Lipinski definition) is 4. The highest BCUT2D eigenvalue weighted by molar-refractivity contribution is 7.99. The smallest absolute Gasteiger partial charge is 0.0594 e. The highest BCUT2D eigenvalue weighted by atomic mass is 32.2. The highest BCUT2D eigenvalue weighted by Crippen LogP contribution is 2.20. The van der Waals surface area contributed by atoms with Crippen LogP contribution < -0.4 is 0 Å². The molecule has 2 rings (SSSR count). The Morgan fingerprint density at radius 2 is 2.43 bits per heavy atom. The number of aliphatic hydroxyl groups is 1. The third-order valence-electron chi connectivity index (χ3n) is 3.08. The molecule has 2 heterocycles. The van der Waals surface area contributed by atoms with Crippen LogP contribution in [0.1, 0.15) is 6.42 Å². The van der Waals surface area contributed by atoms with Crippen LogP contribution in [0.15, 0.2) is 0 Å². The molecule has 2 saturated heterocycles. The molecule has 4 heteroatoms. The van der Waals surface area contributed by atoms with Gasteiger partial charge in [-0.25, -0.2) is 0 Å². The van der Waals surface area contributed by atoms with E-state index in [0.29, 0.717) is 18.6 Å². The van der Waals surface area contributed by atoms with Gasteiger partial charge in [-0.3, -0.25) is 4.90 Å². The predicted molar refractivity (Wildman–Crippen MR) is 58.7 cm³/mol. The minimum Gasteiger partial charge on any atom is -0.395 e. The fourth-order valence-corrected chi connectivity index (χ4v) is 3.28. The fraction of sp³-hybridized carbons (Fsp3) is 1.00. The maximum Gasteiger partial charge on any atom is 0.0594 e. The minimum absolute atomic E-state index is 0.306. The minimum atomic E-state index is 0.306. The van der Waals surface area contributed by atoms with Crippen LogP contribution in [0.2, 0.25) is 0 Å². The lowest BCUT2D eigenvalue weighted by Gasteiger charge is -2.35. The maximum absolute atomic E-state index is 9.25. The van der Waals surface area contributed by atoms with Gasteiger partial charge in [0.25, 0.3) is 0 Å². The number of hydrogen-bond donors (Lipinski definition) is 1.